The molecule has 0 bridgehead atoms. The van der Waals surface area contributed by atoms with E-state index in [0.29, 0.717) is 22.2 Å². The van der Waals surface area contributed by atoms with E-state index in [0.717, 1.165) is 30.8 Å². The molecule has 1 N–H and O–H groups in total. The number of carbonyl (C=O) groups is 2. The van der Waals surface area contributed by atoms with Crippen LogP contribution in [0.15, 0.2) is 29.2 Å². The van der Waals surface area contributed by atoms with E-state index in [-0.39, 0.29) is 18.6 Å². The minimum absolute atomic E-state index is 0.0161. The van der Waals surface area contributed by atoms with E-state index in [1.807, 2.05) is 24.3 Å². The number of ether oxygens (including phenoxy) is 2. The summed E-state index contributed by atoms with van der Waals surface area (Å²) in [4.78, 5) is 25.1. The average molecular weight is 393 g/mol. The molecule has 2 aliphatic rings. The summed E-state index contributed by atoms with van der Waals surface area (Å²) in [5.41, 5.74) is 0.871. The fraction of sp³-hybridized carbons (Fsp3) is 0.389. The Bertz CT molecular complexity index is 726. The van der Waals surface area contributed by atoms with Gasteiger partial charge in [-0.1, -0.05) is 36.1 Å². The summed E-state index contributed by atoms with van der Waals surface area (Å²) in [5, 5.41) is 8.71. The van der Waals surface area contributed by atoms with E-state index in [1.54, 1.807) is 6.08 Å². The third-order valence-corrected chi connectivity index (χ3v) is 5.36. The second-order valence-electron chi connectivity index (χ2n) is 5.96. The monoisotopic (exact) mass is 393 g/mol. The van der Waals surface area contributed by atoms with Crippen LogP contribution >= 0.6 is 24.0 Å². The lowest BCUT2D eigenvalue weighted by molar-refractivity contribution is -0.137. The predicted octanol–water partition coefficient (Wildman–Crippen LogP) is 3.27. The second kappa shape index (κ2) is 8.66. The largest absolute Gasteiger partial charge is 0.481 e. The molecule has 0 spiro atoms. The molecule has 1 aromatic rings. The van der Waals surface area contributed by atoms with Gasteiger partial charge in [0.05, 0.1) is 11.5 Å². The van der Waals surface area contributed by atoms with Gasteiger partial charge in [0.25, 0.3) is 5.91 Å². The lowest BCUT2D eigenvalue weighted by Gasteiger charge is -2.13. The van der Waals surface area contributed by atoms with Crippen LogP contribution in [0.4, 0.5) is 0 Å². The summed E-state index contributed by atoms with van der Waals surface area (Å²) in [5.74, 6) is -0.323. The van der Waals surface area contributed by atoms with Crippen molar-refractivity contribution in [2.45, 2.75) is 32.0 Å². The minimum Gasteiger partial charge on any atom is -0.481 e. The van der Waals surface area contributed by atoms with Gasteiger partial charge in [0.15, 0.2) is 6.29 Å². The third kappa shape index (κ3) is 4.84. The van der Waals surface area contributed by atoms with E-state index in [2.05, 4.69) is 0 Å². The van der Waals surface area contributed by atoms with Gasteiger partial charge in [-0.2, -0.15) is 0 Å². The number of thiocarbonyl (C=S) groups is 1. The maximum Gasteiger partial charge on any atom is 0.303 e. The van der Waals surface area contributed by atoms with E-state index >= 15 is 0 Å². The molecule has 1 aromatic carbocycles. The molecule has 0 aliphatic carbocycles. The van der Waals surface area contributed by atoms with E-state index in [1.165, 1.54) is 16.7 Å². The first-order valence-corrected chi connectivity index (χ1v) is 9.61. The molecular weight excluding hydrogens is 374 g/mol. The maximum absolute atomic E-state index is 12.5. The van der Waals surface area contributed by atoms with Crippen LogP contribution in [0.2, 0.25) is 0 Å². The minimum atomic E-state index is -0.878. The quantitative estimate of drug-likeness (QED) is 0.563. The van der Waals surface area contributed by atoms with Crippen molar-refractivity contribution in [3.63, 3.8) is 0 Å². The fourth-order valence-corrected chi connectivity index (χ4v) is 3.98. The van der Waals surface area contributed by atoms with Crippen LogP contribution in [0.3, 0.4) is 0 Å². The van der Waals surface area contributed by atoms with Crippen LogP contribution < -0.4 is 4.74 Å². The van der Waals surface area contributed by atoms with Crippen LogP contribution in [0.5, 0.6) is 5.75 Å². The lowest BCUT2D eigenvalue weighted by atomic mass is 10.2. The number of benzene rings is 1. The van der Waals surface area contributed by atoms with Gasteiger partial charge in [-0.25, -0.2) is 0 Å². The first kappa shape index (κ1) is 18.9. The van der Waals surface area contributed by atoms with Crippen molar-refractivity contribution in [3.05, 3.63) is 34.7 Å². The molecule has 26 heavy (non-hydrogen) atoms. The molecule has 138 valence electrons. The summed E-state index contributed by atoms with van der Waals surface area (Å²) in [6.07, 6.45) is 3.91. The normalized spacial score (nSPS) is 21.6. The van der Waals surface area contributed by atoms with E-state index < -0.39 is 5.97 Å². The number of carboxylic acids is 1. The van der Waals surface area contributed by atoms with Crippen molar-refractivity contribution in [1.29, 1.82) is 0 Å². The van der Waals surface area contributed by atoms with Crippen molar-refractivity contribution in [3.8, 4) is 5.75 Å². The highest BCUT2D eigenvalue weighted by Gasteiger charge is 2.31. The zero-order valence-electron chi connectivity index (χ0n) is 14.1. The van der Waals surface area contributed by atoms with E-state index in [4.69, 9.17) is 26.8 Å². The van der Waals surface area contributed by atoms with Gasteiger partial charge in [0, 0.05) is 19.4 Å². The molecular formula is C18H19NO5S2. The molecule has 2 saturated heterocycles. The fourth-order valence-electron chi connectivity index (χ4n) is 2.67. The van der Waals surface area contributed by atoms with Crippen molar-refractivity contribution in [2.75, 3.05) is 13.2 Å². The summed E-state index contributed by atoms with van der Waals surface area (Å²) < 4.78 is 11.6. The molecule has 6 nitrogen and oxygen atoms in total. The SMILES string of the molecule is O=C(O)CCCN1C(=O)C(=Cc2ccc(OC3CCCO3)cc2)SC1=S. The zero-order valence-corrected chi connectivity index (χ0v) is 15.7. The molecule has 1 atom stereocenters. The van der Waals surface area contributed by atoms with Gasteiger partial charge in [0.2, 0.25) is 0 Å². The molecule has 0 saturated carbocycles. The Balaban J connectivity index is 1.61. The van der Waals surface area contributed by atoms with Gasteiger partial charge in [0.1, 0.15) is 10.1 Å². The highest BCUT2D eigenvalue weighted by atomic mass is 32.2. The van der Waals surface area contributed by atoms with Crippen LogP contribution in [0.25, 0.3) is 6.08 Å². The van der Waals surface area contributed by atoms with Gasteiger partial charge in [-0.05, 0) is 36.6 Å². The van der Waals surface area contributed by atoms with Crippen LogP contribution in [0.1, 0.15) is 31.2 Å². The Morgan fingerprint density at radius 3 is 2.85 bits per heavy atom. The summed E-state index contributed by atoms with van der Waals surface area (Å²) in [7, 11) is 0. The van der Waals surface area contributed by atoms with Crippen LogP contribution in [0, 0.1) is 0 Å². The average Bonchev–Trinajstić information content (AvgIpc) is 3.20. The number of hydrogen-bond donors (Lipinski definition) is 1. The predicted molar refractivity (Wildman–Crippen MR) is 103 cm³/mol. The maximum atomic E-state index is 12.5. The third-order valence-electron chi connectivity index (χ3n) is 3.98. The molecule has 1 unspecified atom stereocenters. The topological polar surface area (TPSA) is 76.1 Å². The van der Waals surface area contributed by atoms with Gasteiger partial charge in [-0.15, -0.1) is 0 Å². The summed E-state index contributed by atoms with van der Waals surface area (Å²) in [6.45, 7) is 1.06. The highest BCUT2D eigenvalue weighted by Crippen LogP contribution is 2.33. The van der Waals surface area contributed by atoms with Gasteiger partial charge >= 0.3 is 5.97 Å². The summed E-state index contributed by atoms with van der Waals surface area (Å²) in [6, 6.07) is 7.45. The number of aliphatic carboxylic acids is 1. The second-order valence-corrected chi connectivity index (χ2v) is 7.64. The van der Waals surface area contributed by atoms with Crippen molar-refractivity contribution in [2.24, 2.45) is 0 Å². The molecule has 2 aliphatic heterocycles. The summed E-state index contributed by atoms with van der Waals surface area (Å²) >= 11 is 6.47. The molecule has 2 fully saturated rings. The molecule has 8 heteroatoms. The number of thioether (sulfide) groups is 1. The Morgan fingerprint density at radius 1 is 1.42 bits per heavy atom. The molecule has 3 rings (SSSR count). The highest BCUT2D eigenvalue weighted by molar-refractivity contribution is 8.26. The smallest absolute Gasteiger partial charge is 0.303 e. The molecule has 2 heterocycles. The van der Waals surface area contributed by atoms with E-state index in [9.17, 15) is 9.59 Å². The molecule has 0 radical (unpaired) electrons. The van der Waals surface area contributed by atoms with Crippen molar-refractivity contribution in [1.82, 2.24) is 4.90 Å². The zero-order chi connectivity index (χ0) is 18.5. The molecule has 1 amide bonds. The van der Waals surface area contributed by atoms with Crippen LogP contribution in [-0.2, 0) is 14.3 Å². The lowest BCUT2D eigenvalue weighted by Crippen LogP contribution is -2.29. The number of rotatable bonds is 7. The van der Waals surface area contributed by atoms with Gasteiger partial charge < -0.3 is 14.6 Å². The Hall–Kier alpha value is -1.90. The molecule has 0 aromatic heterocycles. The van der Waals surface area contributed by atoms with Gasteiger partial charge in [-0.3, -0.25) is 14.5 Å². The Morgan fingerprint density at radius 2 is 2.19 bits per heavy atom. The number of carbonyl (C=O) groups excluding carboxylic acids is 1. The number of nitrogens with zero attached hydrogens (tertiary/aromatic N) is 1. The number of amides is 1. The Kier molecular flexibility index (Phi) is 6.29. The number of hydrogen-bond acceptors (Lipinski definition) is 6. The Labute approximate surface area is 161 Å². The standard InChI is InChI=1S/C18H19NO5S2/c20-15(21)3-1-9-19-17(22)14(26-18(19)25)11-12-5-7-13(8-6-12)24-16-4-2-10-23-16/h5-8,11,16H,1-4,9-10H2,(H,20,21). The van der Waals surface area contributed by atoms with Crippen molar-refractivity contribution >= 4 is 46.3 Å². The first-order chi connectivity index (χ1) is 12.5. The van der Waals surface area contributed by atoms with Crippen LogP contribution in [-0.4, -0.2) is 45.6 Å². The van der Waals surface area contributed by atoms with Crippen molar-refractivity contribution < 1.29 is 24.2 Å². The first-order valence-electron chi connectivity index (χ1n) is 8.38. The number of carboxylic acid groups (broad SMARTS) is 1.